The van der Waals surface area contributed by atoms with Gasteiger partial charge in [0.1, 0.15) is 0 Å². The number of amides is 4. The third-order valence-electron chi connectivity index (χ3n) is 3.33. The number of nitrogens with zero attached hydrogens (tertiary/aromatic N) is 2. The molecule has 0 aliphatic carbocycles. The molecule has 0 radical (unpaired) electrons. The van der Waals surface area contributed by atoms with Gasteiger partial charge in [-0.2, -0.15) is 0 Å². The zero-order valence-corrected chi connectivity index (χ0v) is 12.4. The molecule has 0 unspecified atom stereocenters. The van der Waals surface area contributed by atoms with E-state index in [0.717, 1.165) is 10.5 Å². The SMILES string of the molecule is CC(=NCCO)[C@@H]1C(=O)NC(=O)N(c2ccc(C)cc2)C1=O. The highest BCUT2D eigenvalue weighted by Gasteiger charge is 2.42. The summed E-state index contributed by atoms with van der Waals surface area (Å²) in [4.78, 5) is 41.4. The van der Waals surface area contributed by atoms with Crippen molar-refractivity contribution >= 4 is 29.2 Å². The van der Waals surface area contributed by atoms with Crippen molar-refractivity contribution in [2.45, 2.75) is 13.8 Å². The molecule has 1 aliphatic rings. The van der Waals surface area contributed by atoms with Crippen LogP contribution in [-0.4, -0.2) is 41.8 Å². The predicted molar refractivity (Wildman–Crippen MR) is 80.8 cm³/mol. The Hall–Kier alpha value is -2.54. The van der Waals surface area contributed by atoms with E-state index >= 15 is 0 Å². The highest BCUT2D eigenvalue weighted by atomic mass is 16.3. The number of aliphatic hydroxyl groups is 1. The van der Waals surface area contributed by atoms with Crippen molar-refractivity contribution in [2.75, 3.05) is 18.1 Å². The molecule has 7 nitrogen and oxygen atoms in total. The Kier molecular flexibility index (Phi) is 4.67. The molecule has 2 rings (SSSR count). The maximum atomic E-state index is 12.5. The molecule has 1 heterocycles. The Balaban J connectivity index is 2.35. The Morgan fingerprint density at radius 3 is 2.50 bits per heavy atom. The zero-order chi connectivity index (χ0) is 16.3. The lowest BCUT2D eigenvalue weighted by Crippen LogP contribution is -2.60. The lowest BCUT2D eigenvalue weighted by molar-refractivity contribution is -0.131. The van der Waals surface area contributed by atoms with Crippen molar-refractivity contribution in [2.24, 2.45) is 10.9 Å². The van der Waals surface area contributed by atoms with Gasteiger partial charge in [0.25, 0.3) is 5.91 Å². The average Bonchev–Trinajstić information content (AvgIpc) is 2.46. The Morgan fingerprint density at radius 1 is 1.27 bits per heavy atom. The fourth-order valence-corrected chi connectivity index (χ4v) is 2.20. The molecule has 1 aromatic rings. The van der Waals surface area contributed by atoms with Gasteiger partial charge in [0.15, 0.2) is 5.92 Å². The standard InChI is InChI=1S/C15H17N3O4/c1-9-3-5-11(6-4-9)18-14(21)12(10(2)16-7-8-19)13(20)17-15(18)22/h3-6,12,19H,7-8H2,1-2H3,(H,17,20,22)/t12-/m1/s1. The van der Waals surface area contributed by atoms with E-state index in [-0.39, 0.29) is 18.9 Å². The second-order valence-electron chi connectivity index (χ2n) is 4.98. The molecule has 4 amide bonds. The van der Waals surface area contributed by atoms with Crippen molar-refractivity contribution in [3.63, 3.8) is 0 Å². The lowest BCUT2D eigenvalue weighted by Gasteiger charge is -2.30. The molecular weight excluding hydrogens is 286 g/mol. The van der Waals surface area contributed by atoms with Crippen LogP contribution < -0.4 is 10.2 Å². The molecule has 0 saturated carbocycles. The number of benzene rings is 1. The van der Waals surface area contributed by atoms with Gasteiger partial charge in [-0.05, 0) is 26.0 Å². The van der Waals surface area contributed by atoms with Crippen LogP contribution in [0.2, 0.25) is 0 Å². The normalized spacial score (nSPS) is 19.4. The molecule has 1 aromatic carbocycles. The van der Waals surface area contributed by atoms with Crippen LogP contribution in [0, 0.1) is 12.8 Å². The number of aliphatic hydroxyl groups excluding tert-OH is 1. The molecule has 0 bridgehead atoms. The number of imide groups is 2. The molecule has 1 fully saturated rings. The van der Waals surface area contributed by atoms with Gasteiger partial charge in [-0.3, -0.25) is 19.9 Å². The largest absolute Gasteiger partial charge is 0.394 e. The number of nitrogens with one attached hydrogen (secondary N) is 1. The molecule has 1 atom stereocenters. The number of barbiturate groups is 1. The van der Waals surface area contributed by atoms with Gasteiger partial charge >= 0.3 is 6.03 Å². The number of hydrogen-bond acceptors (Lipinski definition) is 5. The monoisotopic (exact) mass is 303 g/mol. The molecule has 0 aromatic heterocycles. The van der Waals surface area contributed by atoms with E-state index in [1.807, 2.05) is 6.92 Å². The third-order valence-corrected chi connectivity index (χ3v) is 3.33. The van der Waals surface area contributed by atoms with E-state index in [1.165, 1.54) is 6.92 Å². The number of anilines is 1. The van der Waals surface area contributed by atoms with Crippen LogP contribution in [0.3, 0.4) is 0 Å². The van der Waals surface area contributed by atoms with Crippen molar-refractivity contribution in [3.05, 3.63) is 29.8 Å². The van der Waals surface area contributed by atoms with Gasteiger partial charge < -0.3 is 5.11 Å². The summed E-state index contributed by atoms with van der Waals surface area (Å²) < 4.78 is 0. The van der Waals surface area contributed by atoms with Crippen LogP contribution in [-0.2, 0) is 9.59 Å². The van der Waals surface area contributed by atoms with Crippen LogP contribution >= 0.6 is 0 Å². The summed E-state index contributed by atoms with van der Waals surface area (Å²) in [6.07, 6.45) is 0. The number of rotatable bonds is 4. The van der Waals surface area contributed by atoms with E-state index in [2.05, 4.69) is 10.3 Å². The third kappa shape index (κ3) is 3.04. The second-order valence-corrected chi connectivity index (χ2v) is 4.98. The first-order valence-corrected chi connectivity index (χ1v) is 6.83. The Bertz CT molecular complexity index is 637. The van der Waals surface area contributed by atoms with Crippen LogP contribution in [0.5, 0.6) is 0 Å². The summed E-state index contributed by atoms with van der Waals surface area (Å²) in [5.41, 5.74) is 1.64. The summed E-state index contributed by atoms with van der Waals surface area (Å²) in [5.74, 6) is -2.50. The van der Waals surface area contributed by atoms with Gasteiger partial charge in [0, 0.05) is 5.71 Å². The van der Waals surface area contributed by atoms with Crippen molar-refractivity contribution in [3.8, 4) is 0 Å². The quantitative estimate of drug-likeness (QED) is 0.630. The summed E-state index contributed by atoms with van der Waals surface area (Å²) in [7, 11) is 0. The Labute approximate surface area is 127 Å². The average molecular weight is 303 g/mol. The highest BCUT2D eigenvalue weighted by molar-refractivity contribution is 6.35. The van der Waals surface area contributed by atoms with Gasteiger partial charge in [-0.1, -0.05) is 17.7 Å². The maximum absolute atomic E-state index is 12.5. The summed E-state index contributed by atoms with van der Waals surface area (Å²) >= 11 is 0. The van der Waals surface area contributed by atoms with Gasteiger partial charge in [-0.15, -0.1) is 0 Å². The second kappa shape index (κ2) is 6.48. The van der Waals surface area contributed by atoms with E-state index in [0.29, 0.717) is 5.69 Å². The molecule has 2 N–H and O–H groups in total. The molecule has 116 valence electrons. The van der Waals surface area contributed by atoms with Crippen LogP contribution in [0.1, 0.15) is 12.5 Å². The van der Waals surface area contributed by atoms with Gasteiger partial charge in [-0.25, -0.2) is 9.69 Å². The first-order chi connectivity index (χ1) is 10.5. The van der Waals surface area contributed by atoms with E-state index in [9.17, 15) is 14.4 Å². The first-order valence-electron chi connectivity index (χ1n) is 6.83. The van der Waals surface area contributed by atoms with E-state index in [4.69, 9.17) is 5.11 Å². The minimum Gasteiger partial charge on any atom is -0.394 e. The molecular formula is C15H17N3O4. The topological polar surface area (TPSA) is 99.1 Å². The number of urea groups is 1. The van der Waals surface area contributed by atoms with Crippen molar-refractivity contribution < 1.29 is 19.5 Å². The number of aryl methyl sites for hydroxylation is 1. The molecule has 1 saturated heterocycles. The van der Waals surface area contributed by atoms with E-state index < -0.39 is 23.8 Å². The van der Waals surface area contributed by atoms with E-state index in [1.54, 1.807) is 24.3 Å². The van der Waals surface area contributed by atoms with Crippen molar-refractivity contribution in [1.29, 1.82) is 0 Å². The minimum absolute atomic E-state index is 0.0986. The number of aliphatic imine (C=N–C) groups is 1. The van der Waals surface area contributed by atoms with Crippen molar-refractivity contribution in [1.82, 2.24) is 5.32 Å². The smallest absolute Gasteiger partial charge is 0.335 e. The fourth-order valence-electron chi connectivity index (χ4n) is 2.20. The summed E-state index contributed by atoms with van der Waals surface area (Å²) in [5, 5.41) is 11.0. The lowest BCUT2D eigenvalue weighted by atomic mass is 9.99. The molecule has 22 heavy (non-hydrogen) atoms. The number of carbonyl (C=O) groups excluding carboxylic acids is 3. The number of hydrogen-bond donors (Lipinski definition) is 2. The maximum Gasteiger partial charge on any atom is 0.335 e. The predicted octanol–water partition coefficient (Wildman–Crippen LogP) is 0.647. The summed E-state index contributed by atoms with van der Waals surface area (Å²) in [6.45, 7) is 3.34. The molecule has 0 spiro atoms. The van der Waals surface area contributed by atoms with Crippen LogP contribution in [0.15, 0.2) is 29.3 Å². The molecule has 1 aliphatic heterocycles. The van der Waals surface area contributed by atoms with Crippen LogP contribution in [0.4, 0.5) is 10.5 Å². The summed E-state index contributed by atoms with van der Waals surface area (Å²) in [6, 6.07) is 6.05. The minimum atomic E-state index is -1.16. The van der Waals surface area contributed by atoms with Gasteiger partial charge in [0.05, 0.1) is 18.8 Å². The molecule has 7 heteroatoms. The highest BCUT2D eigenvalue weighted by Crippen LogP contribution is 2.22. The van der Waals surface area contributed by atoms with Gasteiger partial charge in [0.2, 0.25) is 5.91 Å². The van der Waals surface area contributed by atoms with Crippen LogP contribution in [0.25, 0.3) is 0 Å². The first kappa shape index (κ1) is 15.8. The Morgan fingerprint density at radius 2 is 1.91 bits per heavy atom. The fraction of sp³-hybridized carbons (Fsp3) is 0.333. The zero-order valence-electron chi connectivity index (χ0n) is 12.4. The number of carbonyl (C=O) groups is 3.